The van der Waals surface area contributed by atoms with Crippen LogP contribution in [0.5, 0.6) is 0 Å². The third-order valence-electron chi connectivity index (χ3n) is 2.83. The first-order valence-corrected chi connectivity index (χ1v) is 7.02. The van der Waals surface area contributed by atoms with Crippen LogP contribution >= 0.6 is 11.3 Å². The first-order valence-electron chi connectivity index (χ1n) is 6.14. The fourth-order valence-corrected chi connectivity index (χ4v) is 2.61. The number of allylic oxidation sites excluding steroid dienone is 1. The fraction of sp³-hybridized carbons (Fsp3) is 0.0714. The SMILES string of the molecule is O=C(C=C(O)c1nc[nH]n1)c1occc1Cc1cccs1. The number of aromatic nitrogens is 3. The number of hydrogen-bond donors (Lipinski definition) is 2. The van der Waals surface area contributed by atoms with Crippen molar-refractivity contribution in [1.29, 1.82) is 0 Å². The van der Waals surface area contributed by atoms with E-state index in [0.717, 1.165) is 16.5 Å². The zero-order valence-corrected chi connectivity index (χ0v) is 11.6. The highest BCUT2D eigenvalue weighted by molar-refractivity contribution is 7.09. The molecule has 0 aromatic carbocycles. The first-order chi connectivity index (χ1) is 10.2. The number of nitrogens with zero attached hydrogens (tertiary/aromatic N) is 2. The molecule has 0 unspecified atom stereocenters. The van der Waals surface area contributed by atoms with E-state index in [0.29, 0.717) is 6.42 Å². The molecule has 0 aliphatic heterocycles. The Morgan fingerprint density at radius 1 is 1.48 bits per heavy atom. The minimum Gasteiger partial charge on any atom is -0.504 e. The van der Waals surface area contributed by atoms with Crippen LogP contribution in [0.1, 0.15) is 26.8 Å². The Labute approximate surface area is 123 Å². The van der Waals surface area contributed by atoms with Crippen molar-refractivity contribution in [2.75, 3.05) is 0 Å². The maximum Gasteiger partial charge on any atom is 0.225 e. The lowest BCUT2D eigenvalue weighted by atomic mass is 10.1. The molecule has 0 amide bonds. The molecule has 0 saturated heterocycles. The molecule has 7 heteroatoms. The second kappa shape index (κ2) is 5.76. The molecule has 0 aliphatic rings. The summed E-state index contributed by atoms with van der Waals surface area (Å²) < 4.78 is 5.24. The number of aliphatic hydroxyl groups excluding tert-OH is 1. The first kappa shape index (κ1) is 13.3. The van der Waals surface area contributed by atoms with E-state index in [9.17, 15) is 9.90 Å². The zero-order valence-electron chi connectivity index (χ0n) is 10.8. The molecule has 2 N–H and O–H groups in total. The molecule has 21 heavy (non-hydrogen) atoms. The molecule has 0 aliphatic carbocycles. The Morgan fingerprint density at radius 3 is 3.10 bits per heavy atom. The van der Waals surface area contributed by atoms with Gasteiger partial charge >= 0.3 is 0 Å². The van der Waals surface area contributed by atoms with Crippen molar-refractivity contribution in [3.8, 4) is 0 Å². The van der Waals surface area contributed by atoms with Crippen LogP contribution in [0, 0.1) is 0 Å². The number of aromatic amines is 1. The molecule has 6 nitrogen and oxygen atoms in total. The predicted octanol–water partition coefficient (Wildman–Crippen LogP) is 2.83. The molecule has 3 heterocycles. The number of aliphatic hydroxyl groups is 1. The zero-order chi connectivity index (χ0) is 14.7. The third kappa shape index (κ3) is 2.92. The van der Waals surface area contributed by atoms with E-state index < -0.39 is 5.78 Å². The number of hydrogen-bond acceptors (Lipinski definition) is 6. The van der Waals surface area contributed by atoms with Gasteiger partial charge in [-0.05, 0) is 17.5 Å². The highest BCUT2D eigenvalue weighted by atomic mass is 32.1. The average molecular weight is 301 g/mol. The van der Waals surface area contributed by atoms with Gasteiger partial charge in [-0.25, -0.2) is 4.98 Å². The van der Waals surface area contributed by atoms with Crippen molar-refractivity contribution in [2.24, 2.45) is 0 Å². The van der Waals surface area contributed by atoms with Crippen LogP contribution in [0.3, 0.4) is 0 Å². The lowest BCUT2D eigenvalue weighted by Crippen LogP contribution is -2.00. The molecular formula is C14H11N3O3S. The Balaban J connectivity index is 1.82. The summed E-state index contributed by atoms with van der Waals surface area (Å²) in [5.41, 5.74) is 0.779. The highest BCUT2D eigenvalue weighted by Crippen LogP contribution is 2.20. The largest absolute Gasteiger partial charge is 0.504 e. The van der Waals surface area contributed by atoms with Gasteiger partial charge in [0, 0.05) is 22.9 Å². The lowest BCUT2D eigenvalue weighted by Gasteiger charge is -1.98. The number of furan rings is 1. The Morgan fingerprint density at radius 2 is 2.38 bits per heavy atom. The van der Waals surface area contributed by atoms with Crippen molar-refractivity contribution in [3.63, 3.8) is 0 Å². The minimum atomic E-state index is -0.422. The van der Waals surface area contributed by atoms with Gasteiger partial charge in [0.15, 0.2) is 11.5 Å². The molecule has 0 spiro atoms. The third-order valence-corrected chi connectivity index (χ3v) is 3.70. The topological polar surface area (TPSA) is 92.0 Å². The lowest BCUT2D eigenvalue weighted by molar-refractivity contribution is 0.102. The number of carbonyl (C=O) groups is 1. The Hall–Kier alpha value is -2.67. The summed E-state index contributed by atoms with van der Waals surface area (Å²) in [4.78, 5) is 17.1. The molecule has 3 aromatic heterocycles. The average Bonchev–Trinajstić information content (AvgIpc) is 3.22. The van der Waals surface area contributed by atoms with Crippen molar-refractivity contribution < 1.29 is 14.3 Å². The number of nitrogens with one attached hydrogen (secondary N) is 1. The Bertz CT molecular complexity index is 757. The van der Waals surface area contributed by atoms with Gasteiger partial charge in [-0.2, -0.15) is 5.10 Å². The standard InChI is InChI=1S/C14H11N3O3S/c18-11(7-12(19)14-15-8-16-17-14)13-9(3-4-20-13)6-10-2-1-5-21-10/h1-5,7-8,19H,6H2,(H,15,16,17). The molecule has 0 fully saturated rings. The second-order valence-electron chi connectivity index (χ2n) is 4.25. The summed E-state index contributed by atoms with van der Waals surface area (Å²) in [6.07, 6.45) is 4.46. The van der Waals surface area contributed by atoms with Crippen LogP contribution in [0.25, 0.3) is 5.76 Å². The molecule has 0 radical (unpaired) electrons. The Kier molecular flexibility index (Phi) is 3.65. The minimum absolute atomic E-state index is 0.0645. The van der Waals surface area contributed by atoms with Crippen molar-refractivity contribution in [1.82, 2.24) is 15.2 Å². The van der Waals surface area contributed by atoms with Gasteiger partial charge in [-0.1, -0.05) is 6.07 Å². The van der Waals surface area contributed by atoms with Crippen molar-refractivity contribution >= 4 is 22.9 Å². The van der Waals surface area contributed by atoms with Gasteiger partial charge in [0.2, 0.25) is 11.6 Å². The van der Waals surface area contributed by atoms with Crippen LogP contribution in [0.4, 0.5) is 0 Å². The van der Waals surface area contributed by atoms with Gasteiger partial charge < -0.3 is 9.52 Å². The van der Waals surface area contributed by atoms with Gasteiger partial charge in [-0.3, -0.25) is 9.89 Å². The van der Waals surface area contributed by atoms with Gasteiger partial charge in [0.05, 0.1) is 6.26 Å². The molecule has 106 valence electrons. The summed E-state index contributed by atoms with van der Waals surface area (Å²) >= 11 is 1.61. The number of thiophene rings is 1. The van der Waals surface area contributed by atoms with Crippen molar-refractivity contribution in [3.05, 3.63) is 64.3 Å². The van der Waals surface area contributed by atoms with Gasteiger partial charge in [0.1, 0.15) is 6.33 Å². The number of ketones is 1. The second-order valence-corrected chi connectivity index (χ2v) is 5.28. The fourth-order valence-electron chi connectivity index (χ4n) is 1.88. The molecule has 0 saturated carbocycles. The summed E-state index contributed by atoms with van der Waals surface area (Å²) in [6.45, 7) is 0. The molecule has 3 aromatic rings. The van der Waals surface area contributed by atoms with E-state index in [1.807, 2.05) is 17.5 Å². The summed E-state index contributed by atoms with van der Waals surface area (Å²) in [6, 6.07) is 5.70. The van der Waals surface area contributed by atoms with Crippen LogP contribution in [0.15, 0.2) is 46.7 Å². The van der Waals surface area contributed by atoms with Crippen molar-refractivity contribution in [2.45, 2.75) is 6.42 Å². The van der Waals surface area contributed by atoms with E-state index >= 15 is 0 Å². The molecule has 0 bridgehead atoms. The maximum absolute atomic E-state index is 12.2. The van der Waals surface area contributed by atoms with Crippen LogP contribution in [-0.2, 0) is 6.42 Å². The number of H-pyrrole nitrogens is 1. The van der Waals surface area contributed by atoms with Crippen LogP contribution in [0.2, 0.25) is 0 Å². The van der Waals surface area contributed by atoms with Gasteiger partial charge in [-0.15, -0.1) is 11.3 Å². The summed E-state index contributed by atoms with van der Waals surface area (Å²) in [5, 5.41) is 17.9. The molecule has 0 atom stereocenters. The van der Waals surface area contributed by atoms with E-state index in [4.69, 9.17) is 4.42 Å². The monoisotopic (exact) mass is 301 g/mol. The van der Waals surface area contributed by atoms with E-state index in [1.54, 1.807) is 17.4 Å². The van der Waals surface area contributed by atoms with Crippen LogP contribution in [-0.4, -0.2) is 26.1 Å². The van der Waals surface area contributed by atoms with E-state index in [2.05, 4.69) is 15.2 Å². The van der Waals surface area contributed by atoms with Crippen LogP contribution < -0.4 is 0 Å². The summed E-state index contributed by atoms with van der Waals surface area (Å²) in [5.74, 6) is -0.450. The molecule has 3 rings (SSSR count). The normalized spacial score (nSPS) is 11.7. The highest BCUT2D eigenvalue weighted by Gasteiger charge is 2.16. The number of rotatable bonds is 5. The molecular weight excluding hydrogens is 290 g/mol. The van der Waals surface area contributed by atoms with E-state index in [-0.39, 0.29) is 17.3 Å². The van der Waals surface area contributed by atoms with Gasteiger partial charge in [0.25, 0.3) is 0 Å². The number of carbonyl (C=O) groups excluding carboxylic acids is 1. The smallest absolute Gasteiger partial charge is 0.225 e. The summed E-state index contributed by atoms with van der Waals surface area (Å²) in [7, 11) is 0. The van der Waals surface area contributed by atoms with E-state index in [1.165, 1.54) is 12.6 Å². The maximum atomic E-state index is 12.2. The predicted molar refractivity (Wildman–Crippen MR) is 77.2 cm³/mol. The quantitative estimate of drug-likeness (QED) is 0.429.